The molecule has 7 nitrogen and oxygen atoms in total. The van der Waals surface area contributed by atoms with Gasteiger partial charge in [0, 0.05) is 49.0 Å². The second kappa shape index (κ2) is 7.35. The molecule has 0 radical (unpaired) electrons. The molecule has 2 aromatic heterocycles. The lowest BCUT2D eigenvalue weighted by atomic mass is 9.96. The van der Waals surface area contributed by atoms with E-state index in [-0.39, 0.29) is 0 Å². The van der Waals surface area contributed by atoms with E-state index >= 15 is 0 Å². The SMILES string of the molecule is COc1cc(Nc2nc(-c3ccc4c(c3)CC=C4)cn3ccnc23)ccc1N1CC(C)(O)C1. The normalized spacial score (nSPS) is 16.0. The zero-order valence-electron chi connectivity index (χ0n) is 18.6. The second-order valence-corrected chi connectivity index (χ2v) is 9.02. The van der Waals surface area contributed by atoms with Crippen molar-refractivity contribution in [1.29, 1.82) is 0 Å². The Hall–Kier alpha value is -3.84. The molecule has 33 heavy (non-hydrogen) atoms. The molecule has 1 saturated heterocycles. The van der Waals surface area contributed by atoms with E-state index in [1.165, 1.54) is 11.1 Å². The number of imidazole rings is 1. The van der Waals surface area contributed by atoms with E-state index in [1.54, 1.807) is 13.3 Å². The molecule has 2 N–H and O–H groups in total. The lowest BCUT2D eigenvalue weighted by molar-refractivity contribution is 0.0308. The van der Waals surface area contributed by atoms with Gasteiger partial charge in [-0.25, -0.2) is 9.97 Å². The Kier molecular flexibility index (Phi) is 4.41. The van der Waals surface area contributed by atoms with E-state index in [0.29, 0.717) is 18.9 Å². The first kappa shape index (κ1) is 19.8. The summed E-state index contributed by atoms with van der Waals surface area (Å²) in [5, 5.41) is 13.5. The maximum absolute atomic E-state index is 10.1. The number of hydrogen-bond acceptors (Lipinski definition) is 6. The number of fused-ring (bicyclic) bond motifs is 2. The molecular formula is C26H25N5O2. The van der Waals surface area contributed by atoms with Crippen LogP contribution in [0.1, 0.15) is 18.1 Å². The van der Waals surface area contributed by atoms with Gasteiger partial charge in [-0.3, -0.25) is 0 Å². The molecule has 0 spiro atoms. The summed E-state index contributed by atoms with van der Waals surface area (Å²) in [6.07, 6.45) is 11.0. The average molecular weight is 440 g/mol. The molecule has 0 saturated carbocycles. The minimum atomic E-state index is -0.647. The Morgan fingerprint density at radius 3 is 2.85 bits per heavy atom. The summed E-state index contributed by atoms with van der Waals surface area (Å²) in [6.45, 7) is 3.02. The zero-order valence-corrected chi connectivity index (χ0v) is 18.6. The van der Waals surface area contributed by atoms with Crippen LogP contribution in [0, 0.1) is 0 Å². The smallest absolute Gasteiger partial charge is 0.180 e. The van der Waals surface area contributed by atoms with Crippen molar-refractivity contribution in [3.8, 4) is 17.0 Å². The number of anilines is 3. The summed E-state index contributed by atoms with van der Waals surface area (Å²) in [4.78, 5) is 11.5. The number of aromatic nitrogens is 3. The van der Waals surface area contributed by atoms with Crippen LogP contribution in [-0.2, 0) is 6.42 Å². The van der Waals surface area contributed by atoms with Crippen LogP contribution >= 0.6 is 0 Å². The largest absolute Gasteiger partial charge is 0.495 e. The van der Waals surface area contributed by atoms with Crippen molar-refractivity contribution in [3.63, 3.8) is 0 Å². The third-order valence-corrected chi connectivity index (χ3v) is 6.29. The van der Waals surface area contributed by atoms with E-state index in [9.17, 15) is 5.11 Å². The molecular weight excluding hydrogens is 414 g/mol. The number of hydrogen-bond donors (Lipinski definition) is 2. The van der Waals surface area contributed by atoms with Crippen LogP contribution in [0.15, 0.2) is 61.1 Å². The highest BCUT2D eigenvalue weighted by Crippen LogP contribution is 2.37. The average Bonchev–Trinajstić information content (AvgIpc) is 3.46. The van der Waals surface area contributed by atoms with Gasteiger partial charge in [-0.1, -0.05) is 24.3 Å². The minimum Gasteiger partial charge on any atom is -0.495 e. The predicted octanol–water partition coefficient (Wildman–Crippen LogP) is 4.29. The highest BCUT2D eigenvalue weighted by atomic mass is 16.5. The first-order chi connectivity index (χ1) is 16.0. The standard InChI is InChI=1S/C26H25N5O2/c1-26(32)15-31(16-26)22-9-8-20(13-23(22)33-2)28-24-25-27-10-11-30(25)14-21(29-24)19-7-6-17-4-3-5-18(17)12-19/h3-4,6-14,32H,5,15-16H2,1-2H3,(H,28,29). The number of nitrogens with zero attached hydrogens (tertiary/aromatic N) is 4. The molecule has 1 aliphatic heterocycles. The minimum absolute atomic E-state index is 0.588. The van der Waals surface area contributed by atoms with Crippen molar-refractivity contribution in [2.75, 3.05) is 30.4 Å². The lowest BCUT2D eigenvalue weighted by Gasteiger charge is -2.46. The van der Waals surface area contributed by atoms with Crippen LogP contribution < -0.4 is 15.0 Å². The third kappa shape index (κ3) is 3.50. The van der Waals surface area contributed by atoms with Crippen LogP contribution in [0.2, 0.25) is 0 Å². The summed E-state index contributed by atoms with van der Waals surface area (Å²) in [5.74, 6) is 1.43. The first-order valence-electron chi connectivity index (χ1n) is 11.1. The van der Waals surface area contributed by atoms with Crippen molar-refractivity contribution in [1.82, 2.24) is 14.4 Å². The van der Waals surface area contributed by atoms with Crippen molar-refractivity contribution >= 4 is 28.9 Å². The fourth-order valence-electron chi connectivity index (χ4n) is 4.67. The van der Waals surface area contributed by atoms with E-state index < -0.39 is 5.60 Å². The quantitative estimate of drug-likeness (QED) is 0.483. The van der Waals surface area contributed by atoms with Crippen molar-refractivity contribution in [2.24, 2.45) is 0 Å². The Morgan fingerprint density at radius 2 is 2.03 bits per heavy atom. The van der Waals surface area contributed by atoms with E-state index in [4.69, 9.17) is 9.72 Å². The molecule has 2 aliphatic rings. The van der Waals surface area contributed by atoms with Crippen LogP contribution in [0.25, 0.3) is 23.0 Å². The van der Waals surface area contributed by atoms with Crippen molar-refractivity contribution in [2.45, 2.75) is 18.9 Å². The zero-order chi connectivity index (χ0) is 22.6. The fourth-order valence-corrected chi connectivity index (χ4v) is 4.67. The van der Waals surface area contributed by atoms with E-state index in [2.05, 4.69) is 45.6 Å². The molecule has 1 aliphatic carbocycles. The monoisotopic (exact) mass is 439 g/mol. The Labute approximate surface area is 192 Å². The van der Waals surface area contributed by atoms with Crippen LogP contribution in [0.3, 0.4) is 0 Å². The maximum atomic E-state index is 10.1. The van der Waals surface area contributed by atoms with Gasteiger partial charge < -0.3 is 24.5 Å². The van der Waals surface area contributed by atoms with Gasteiger partial charge in [-0.15, -0.1) is 0 Å². The lowest BCUT2D eigenvalue weighted by Crippen LogP contribution is -2.60. The van der Waals surface area contributed by atoms with Gasteiger partial charge in [0.2, 0.25) is 0 Å². The Balaban J connectivity index is 1.34. The first-order valence-corrected chi connectivity index (χ1v) is 11.1. The Bertz CT molecular complexity index is 1400. The predicted molar refractivity (Wildman–Crippen MR) is 130 cm³/mol. The third-order valence-electron chi connectivity index (χ3n) is 6.29. The topological polar surface area (TPSA) is 74.9 Å². The number of rotatable bonds is 5. The van der Waals surface area contributed by atoms with Crippen LogP contribution in [0.5, 0.6) is 5.75 Å². The van der Waals surface area contributed by atoms with E-state index in [0.717, 1.165) is 40.4 Å². The number of allylic oxidation sites excluding steroid dienone is 1. The van der Waals surface area contributed by atoms with Gasteiger partial charge in [0.05, 0.1) is 24.1 Å². The van der Waals surface area contributed by atoms with Gasteiger partial charge in [0.1, 0.15) is 5.75 Å². The molecule has 0 unspecified atom stereocenters. The molecule has 3 heterocycles. The number of β-amino-alcohol motifs (C(OH)–C–C–N with tert-alkyl or cyclic N) is 1. The van der Waals surface area contributed by atoms with Crippen LogP contribution in [0.4, 0.5) is 17.2 Å². The van der Waals surface area contributed by atoms with Gasteiger partial charge in [0.25, 0.3) is 0 Å². The molecule has 1 fully saturated rings. The van der Waals surface area contributed by atoms with Gasteiger partial charge in [0.15, 0.2) is 11.5 Å². The highest BCUT2D eigenvalue weighted by Gasteiger charge is 2.37. The Morgan fingerprint density at radius 1 is 1.15 bits per heavy atom. The summed E-state index contributed by atoms with van der Waals surface area (Å²) >= 11 is 0. The van der Waals surface area contributed by atoms with Gasteiger partial charge in [-0.05, 0) is 42.7 Å². The molecule has 0 bridgehead atoms. The summed E-state index contributed by atoms with van der Waals surface area (Å²) in [5.41, 5.74) is 6.48. The summed E-state index contributed by atoms with van der Waals surface area (Å²) in [6, 6.07) is 12.4. The van der Waals surface area contributed by atoms with Crippen molar-refractivity contribution in [3.05, 3.63) is 72.2 Å². The molecule has 4 aromatic rings. The molecule has 6 rings (SSSR count). The number of nitrogens with one attached hydrogen (secondary N) is 1. The van der Waals surface area contributed by atoms with Gasteiger partial charge in [-0.2, -0.15) is 0 Å². The highest BCUT2D eigenvalue weighted by molar-refractivity contribution is 5.77. The number of ether oxygens (including phenoxy) is 1. The molecule has 166 valence electrons. The van der Waals surface area contributed by atoms with Crippen LogP contribution in [-0.4, -0.2) is 45.3 Å². The van der Waals surface area contributed by atoms with Gasteiger partial charge >= 0.3 is 0 Å². The van der Waals surface area contributed by atoms with Crippen molar-refractivity contribution < 1.29 is 9.84 Å². The molecule has 0 amide bonds. The second-order valence-electron chi connectivity index (χ2n) is 9.02. The molecule has 2 aromatic carbocycles. The number of aliphatic hydroxyl groups is 1. The molecule has 7 heteroatoms. The summed E-state index contributed by atoms with van der Waals surface area (Å²) in [7, 11) is 1.66. The number of methoxy groups -OCH3 is 1. The summed E-state index contributed by atoms with van der Waals surface area (Å²) < 4.78 is 7.64. The fraction of sp³-hybridized carbons (Fsp3) is 0.231. The molecule has 0 atom stereocenters. The van der Waals surface area contributed by atoms with E-state index in [1.807, 2.05) is 41.9 Å². The number of benzene rings is 2. The maximum Gasteiger partial charge on any atom is 0.180 e.